The maximum Gasteiger partial charge on any atom is 0.239 e. The number of fused-ring (bicyclic) bond motifs is 1. The summed E-state index contributed by atoms with van der Waals surface area (Å²) in [7, 11) is 0. The Morgan fingerprint density at radius 2 is 2.00 bits per heavy atom. The van der Waals surface area contributed by atoms with Gasteiger partial charge in [-0.25, -0.2) is 0 Å². The van der Waals surface area contributed by atoms with Crippen molar-refractivity contribution < 1.29 is 14.3 Å². The highest BCUT2D eigenvalue weighted by Crippen LogP contribution is 2.37. The summed E-state index contributed by atoms with van der Waals surface area (Å²) in [5.41, 5.74) is 0.669. The highest BCUT2D eigenvalue weighted by atomic mass is 35.5. The summed E-state index contributed by atoms with van der Waals surface area (Å²) in [4.78, 5) is 11.6. The molecule has 0 aromatic heterocycles. The van der Waals surface area contributed by atoms with Crippen molar-refractivity contribution in [1.82, 2.24) is 5.32 Å². The fourth-order valence-electron chi connectivity index (χ4n) is 1.82. The lowest BCUT2D eigenvalue weighted by molar-refractivity contribution is -0.119. The first-order chi connectivity index (χ1) is 9.70. The van der Waals surface area contributed by atoms with Gasteiger partial charge in [-0.15, -0.1) is 0 Å². The molecular weight excluding hydrogens is 280 g/mol. The summed E-state index contributed by atoms with van der Waals surface area (Å²) < 4.78 is 11.1. The van der Waals surface area contributed by atoms with Gasteiger partial charge in [0.25, 0.3) is 0 Å². The molecular formula is C14H19ClN2O3. The number of rotatable bonds is 5. The number of carbonyl (C=O) groups is 1. The molecule has 1 amide bonds. The Labute approximate surface area is 123 Å². The van der Waals surface area contributed by atoms with Crippen LogP contribution in [0.2, 0.25) is 5.02 Å². The standard InChI is InChI=1S/C14H19ClN2O3/c1-2-4-16-14(18)9-17-11-8-13-12(7-10(11)15)19-5-3-6-20-13/h7-8,17H,2-6,9H2,1H3,(H,16,18). The minimum Gasteiger partial charge on any atom is -0.490 e. The summed E-state index contributed by atoms with van der Waals surface area (Å²) in [5, 5.41) is 6.32. The molecule has 1 aliphatic heterocycles. The molecule has 1 aromatic carbocycles. The molecule has 1 aromatic rings. The van der Waals surface area contributed by atoms with Crippen LogP contribution in [0.15, 0.2) is 12.1 Å². The normalized spacial score (nSPS) is 13.5. The minimum absolute atomic E-state index is 0.0602. The van der Waals surface area contributed by atoms with E-state index in [0.29, 0.717) is 42.0 Å². The molecule has 2 N–H and O–H groups in total. The third-order valence-electron chi connectivity index (χ3n) is 2.85. The van der Waals surface area contributed by atoms with Gasteiger partial charge >= 0.3 is 0 Å². The van der Waals surface area contributed by atoms with Crippen molar-refractivity contribution in [1.29, 1.82) is 0 Å². The van der Waals surface area contributed by atoms with Crippen molar-refractivity contribution in [2.45, 2.75) is 19.8 Å². The molecule has 1 heterocycles. The average molecular weight is 299 g/mol. The second-order valence-electron chi connectivity index (χ2n) is 4.53. The third kappa shape index (κ3) is 3.93. The Hall–Kier alpha value is -1.62. The van der Waals surface area contributed by atoms with Gasteiger partial charge in [-0.3, -0.25) is 4.79 Å². The van der Waals surface area contributed by atoms with E-state index in [9.17, 15) is 4.79 Å². The van der Waals surface area contributed by atoms with Crippen molar-refractivity contribution in [2.75, 3.05) is 31.6 Å². The Morgan fingerprint density at radius 3 is 2.70 bits per heavy atom. The number of hydrogen-bond donors (Lipinski definition) is 2. The number of amides is 1. The Balaban J connectivity index is 2.01. The Morgan fingerprint density at radius 1 is 1.30 bits per heavy atom. The van der Waals surface area contributed by atoms with E-state index in [1.165, 1.54) is 0 Å². The van der Waals surface area contributed by atoms with E-state index in [1.807, 2.05) is 6.92 Å². The van der Waals surface area contributed by atoms with E-state index in [1.54, 1.807) is 12.1 Å². The first-order valence-corrected chi connectivity index (χ1v) is 7.18. The van der Waals surface area contributed by atoms with Crippen LogP contribution >= 0.6 is 11.6 Å². The highest BCUT2D eigenvalue weighted by molar-refractivity contribution is 6.33. The minimum atomic E-state index is -0.0602. The lowest BCUT2D eigenvalue weighted by Crippen LogP contribution is -2.30. The van der Waals surface area contributed by atoms with Gasteiger partial charge in [-0.1, -0.05) is 18.5 Å². The molecule has 0 fully saturated rings. The zero-order chi connectivity index (χ0) is 14.4. The zero-order valence-corrected chi connectivity index (χ0v) is 12.3. The van der Waals surface area contributed by atoms with Crippen LogP contribution in [-0.2, 0) is 4.79 Å². The lowest BCUT2D eigenvalue weighted by Gasteiger charge is -2.13. The van der Waals surface area contributed by atoms with Crippen LogP contribution in [0.25, 0.3) is 0 Å². The summed E-state index contributed by atoms with van der Waals surface area (Å²) >= 11 is 6.17. The quantitative estimate of drug-likeness (QED) is 0.876. The van der Waals surface area contributed by atoms with Crippen LogP contribution in [-0.4, -0.2) is 32.2 Å². The average Bonchev–Trinajstić information content (AvgIpc) is 2.67. The summed E-state index contributed by atoms with van der Waals surface area (Å²) in [6.07, 6.45) is 1.75. The monoisotopic (exact) mass is 298 g/mol. The maximum atomic E-state index is 11.6. The third-order valence-corrected chi connectivity index (χ3v) is 3.16. The molecule has 0 unspecified atom stereocenters. The van der Waals surface area contributed by atoms with Gasteiger partial charge in [0.1, 0.15) is 0 Å². The van der Waals surface area contributed by atoms with E-state index in [0.717, 1.165) is 12.8 Å². The van der Waals surface area contributed by atoms with Gasteiger partial charge in [0.2, 0.25) is 5.91 Å². The fraction of sp³-hybridized carbons (Fsp3) is 0.500. The maximum absolute atomic E-state index is 11.6. The lowest BCUT2D eigenvalue weighted by atomic mass is 10.2. The summed E-state index contributed by atoms with van der Waals surface area (Å²) in [5.74, 6) is 1.24. The van der Waals surface area contributed by atoms with Crippen LogP contribution in [0.3, 0.4) is 0 Å². The molecule has 0 saturated carbocycles. The molecule has 20 heavy (non-hydrogen) atoms. The highest BCUT2D eigenvalue weighted by Gasteiger charge is 2.14. The van der Waals surface area contributed by atoms with E-state index in [-0.39, 0.29) is 12.5 Å². The molecule has 0 radical (unpaired) electrons. The van der Waals surface area contributed by atoms with Crippen LogP contribution in [0, 0.1) is 0 Å². The predicted octanol–water partition coefficient (Wildman–Crippen LogP) is 2.44. The van der Waals surface area contributed by atoms with Crippen LogP contribution < -0.4 is 20.1 Å². The molecule has 2 rings (SSSR count). The molecule has 6 heteroatoms. The van der Waals surface area contributed by atoms with Crippen LogP contribution in [0.4, 0.5) is 5.69 Å². The van der Waals surface area contributed by atoms with E-state index < -0.39 is 0 Å². The number of halogens is 1. The number of anilines is 1. The number of carbonyl (C=O) groups excluding carboxylic acids is 1. The van der Waals surface area contributed by atoms with Crippen molar-refractivity contribution >= 4 is 23.2 Å². The van der Waals surface area contributed by atoms with Gasteiger partial charge in [0.05, 0.1) is 30.5 Å². The molecule has 0 spiro atoms. The van der Waals surface area contributed by atoms with Crippen LogP contribution in [0.1, 0.15) is 19.8 Å². The molecule has 0 saturated heterocycles. The Kier molecular flexibility index (Phi) is 5.35. The largest absolute Gasteiger partial charge is 0.490 e. The van der Waals surface area contributed by atoms with Gasteiger partial charge in [0, 0.05) is 25.1 Å². The van der Waals surface area contributed by atoms with Gasteiger partial charge in [-0.05, 0) is 6.42 Å². The molecule has 110 valence electrons. The first kappa shape index (κ1) is 14.8. The van der Waals surface area contributed by atoms with Gasteiger partial charge < -0.3 is 20.1 Å². The van der Waals surface area contributed by atoms with Crippen molar-refractivity contribution in [3.63, 3.8) is 0 Å². The van der Waals surface area contributed by atoms with E-state index in [2.05, 4.69) is 10.6 Å². The number of hydrogen-bond acceptors (Lipinski definition) is 4. The number of benzene rings is 1. The van der Waals surface area contributed by atoms with E-state index >= 15 is 0 Å². The molecule has 1 aliphatic rings. The van der Waals surface area contributed by atoms with Crippen LogP contribution in [0.5, 0.6) is 11.5 Å². The topological polar surface area (TPSA) is 59.6 Å². The molecule has 0 atom stereocenters. The Bertz CT molecular complexity index is 480. The predicted molar refractivity (Wildman–Crippen MR) is 78.8 cm³/mol. The SMILES string of the molecule is CCCNC(=O)CNc1cc2c(cc1Cl)OCCCO2. The number of ether oxygens (including phenoxy) is 2. The van der Waals surface area contributed by atoms with Crippen molar-refractivity contribution in [2.24, 2.45) is 0 Å². The summed E-state index contributed by atoms with van der Waals surface area (Å²) in [6.45, 7) is 4.10. The van der Waals surface area contributed by atoms with E-state index in [4.69, 9.17) is 21.1 Å². The van der Waals surface area contributed by atoms with Crippen molar-refractivity contribution in [3.8, 4) is 11.5 Å². The second-order valence-corrected chi connectivity index (χ2v) is 4.94. The fourth-order valence-corrected chi connectivity index (χ4v) is 2.04. The smallest absolute Gasteiger partial charge is 0.239 e. The number of nitrogens with one attached hydrogen (secondary N) is 2. The van der Waals surface area contributed by atoms with Crippen molar-refractivity contribution in [3.05, 3.63) is 17.2 Å². The van der Waals surface area contributed by atoms with Gasteiger partial charge in [-0.2, -0.15) is 0 Å². The molecule has 0 bridgehead atoms. The molecule has 0 aliphatic carbocycles. The first-order valence-electron chi connectivity index (χ1n) is 6.80. The summed E-state index contributed by atoms with van der Waals surface area (Å²) in [6, 6.07) is 3.49. The second kappa shape index (κ2) is 7.24. The molecule has 5 nitrogen and oxygen atoms in total. The zero-order valence-electron chi connectivity index (χ0n) is 11.5. The van der Waals surface area contributed by atoms with Gasteiger partial charge in [0.15, 0.2) is 11.5 Å².